The smallest absolute Gasteiger partial charge is 0.411 e. The molecule has 0 N–H and O–H groups in total. The molecule has 4 saturated heterocycles. The van der Waals surface area contributed by atoms with Gasteiger partial charge in [0, 0.05) is 34.1 Å². The SMILES string of the molecule is C.O=C(c1ccc2c(c1)C(=O)OC2=O)c1ccc2c(c1)C(=O)OC2=O.O=C1CC(=O)c2cc(C(c3ccc4c(c3)C(=O)OC4=O)(C(F)(F)F)C(F)(F)F)ccc21.O=C1OC(=O)C2C1CC1C(=O)OC(=O)C12.O=C1OC(=O)C2C3C=CC(C12)C1C(=O)OC(=O)C31.O=C1OC(=O)c2cc(-c3ccc4c(c3)C(=O)OC4=O)ccc21.O=C1OC(=O)c2cc(Oc3ccc4c(c3)C(=O)OC4=O)ccc21.O=c1oc(=O)c2cc3c(=O)oc(=O)c3cc12. The van der Waals surface area contributed by atoms with E-state index in [1.54, 1.807) is 24.3 Å². The first-order valence-electron chi connectivity index (χ1n) is 42.9. The van der Waals surface area contributed by atoms with Gasteiger partial charge in [-0.25, -0.2) is 86.3 Å². The van der Waals surface area contributed by atoms with Crippen molar-refractivity contribution >= 4 is 170 Å². The van der Waals surface area contributed by atoms with Crippen LogP contribution in [0.3, 0.4) is 0 Å². The van der Waals surface area contributed by atoms with E-state index in [1.807, 2.05) is 0 Å². The molecule has 2 saturated carbocycles. The molecule has 8 atom stereocenters. The van der Waals surface area contributed by atoms with Crippen LogP contribution < -0.4 is 27.2 Å². The Hall–Kier alpha value is -20.1. The first-order chi connectivity index (χ1) is 70.6. The quantitative estimate of drug-likeness (QED) is 0.0361. The Balaban J connectivity index is 0.000000111. The molecule has 2 aromatic heterocycles. The summed E-state index contributed by atoms with van der Waals surface area (Å²) in [6.07, 6.45) is -8.95. The van der Waals surface area contributed by atoms with Gasteiger partial charge >= 0.3 is 166 Å². The predicted octanol–water partition coefficient (Wildman–Crippen LogP) is 8.38. The van der Waals surface area contributed by atoms with Crippen molar-refractivity contribution in [2.75, 3.05) is 0 Å². The largest absolute Gasteiger partial charge is 0.457 e. The number of Topliss-reactive ketones (excluding diaryl/α,β-unsaturated/α-hetero) is 2. The number of esters is 22. The lowest BCUT2D eigenvalue weighted by molar-refractivity contribution is -0.288. The minimum absolute atomic E-state index is 0. The molecule has 16 aliphatic rings. The molecule has 43 nitrogen and oxygen atoms in total. The molecule has 11 aliphatic heterocycles. The van der Waals surface area contributed by atoms with Gasteiger partial charge in [0.25, 0.3) is 0 Å². The molecule has 2 bridgehead atoms. The van der Waals surface area contributed by atoms with E-state index < -0.39 is 282 Å². The maximum Gasteiger partial charge on any atom is 0.411 e. The number of hydrogen-bond acceptors (Lipinski definition) is 43. The Kier molecular flexibility index (Phi) is 23.5. The molecular formula is C101H46F6O43. The summed E-state index contributed by atoms with van der Waals surface area (Å²) in [6, 6.07) is 31.2. The first kappa shape index (κ1) is 98.7. The van der Waals surface area contributed by atoms with E-state index in [0.29, 0.717) is 41.5 Å². The van der Waals surface area contributed by atoms with Crippen molar-refractivity contribution in [2.24, 2.45) is 59.2 Å². The molecule has 11 aromatic rings. The molecule has 150 heavy (non-hydrogen) atoms. The number of hydrogen-bond donors (Lipinski definition) is 0. The minimum atomic E-state index is -5.98. The summed E-state index contributed by atoms with van der Waals surface area (Å²) >= 11 is 0. The van der Waals surface area contributed by atoms with Crippen molar-refractivity contribution in [1.29, 1.82) is 0 Å². The molecule has 13 heterocycles. The van der Waals surface area contributed by atoms with E-state index in [1.165, 1.54) is 97.1 Å². The standard InChI is InChI=1S/C20H8F6O5.C17H6O7.C16H6O7.C16H6O6.C12H8O6.C10H2O6.C9H6O6.CH4/c21-19(22,23)18(20(24,25)26,8-1-3-10-12(5-8)15(28)7-14(10)27)9-2-4-11-13(6-9)17(30)31-16(11)29;18-13(7-1-3-9-11(5-7)16(21)23-14(9)19)8-2-4-10-12(6-8)17(22)24-15(10)20;17-13-9-3-1-7(5-11(9)15(19)22-13)21-8-2-4-10-12(6-8)16(20)23-14(10)18;17-13-9-3-1-7(5-11(9)15(19)21-13)8-2-4-10-12(6-8)16(20)22-14(10)18;13-9-5-3-1-2-4(7(5)11(15)17-9)8-6(3)10(14)18-12(8)16;11-7-3-1-4-6(10(14)16-8(4)12)2-5(3)9(13)15-7;10-6-2-1-3-5(4(2)8(12)14-6)9(13)15-7(3)11;/h1-6H,7H2;1-6H;1-6H;1-6H;1-8H;1-2H;2-5H,1H2;1H4. The molecule has 27 rings (SSSR count). The minimum Gasteiger partial charge on any atom is -0.457 e. The Morgan fingerprint density at radius 3 is 0.833 bits per heavy atom. The molecular weight excluding hydrogens is 2020 g/mol. The van der Waals surface area contributed by atoms with Crippen molar-refractivity contribution in [1.82, 2.24) is 0 Å². The highest BCUT2D eigenvalue weighted by molar-refractivity contribution is 6.25. The van der Waals surface area contributed by atoms with Gasteiger partial charge in [0.05, 0.1) is 153 Å². The molecule has 0 amide bonds. The third kappa shape index (κ3) is 16.0. The Labute approximate surface area is 821 Å². The zero-order valence-corrected chi connectivity index (χ0v) is 73.2. The van der Waals surface area contributed by atoms with Gasteiger partial charge in [-0.1, -0.05) is 62.0 Å². The third-order valence-corrected chi connectivity index (χ3v) is 26.4. The molecule has 6 fully saturated rings. The number of ketones is 3. The lowest BCUT2D eigenvalue weighted by atomic mass is 9.54. The number of allylic oxidation sites excluding steroid dienone is 2. The summed E-state index contributed by atoms with van der Waals surface area (Å²) in [5.74, 6) is -24.2. The number of rotatable bonds is 7. The summed E-state index contributed by atoms with van der Waals surface area (Å²) in [5.41, 5.74) is -9.58. The number of alkyl halides is 6. The van der Waals surface area contributed by atoms with Crippen LogP contribution >= 0.6 is 0 Å². The maximum atomic E-state index is 14.2. The van der Waals surface area contributed by atoms with Gasteiger partial charge in [0.15, 0.2) is 17.3 Å². The lowest BCUT2D eigenvalue weighted by Gasteiger charge is -2.42. The van der Waals surface area contributed by atoms with E-state index in [0.717, 1.165) is 18.2 Å². The van der Waals surface area contributed by atoms with Crippen molar-refractivity contribution in [2.45, 2.75) is 38.0 Å². The summed E-state index contributed by atoms with van der Waals surface area (Å²) in [6.45, 7) is 0. The number of benzene rings is 9. The monoisotopic (exact) mass is 2060 g/mol. The van der Waals surface area contributed by atoms with Gasteiger partial charge in [0.1, 0.15) is 11.5 Å². The summed E-state index contributed by atoms with van der Waals surface area (Å²) < 4.78 is 149. The van der Waals surface area contributed by atoms with Crippen molar-refractivity contribution < 1.29 is 212 Å². The van der Waals surface area contributed by atoms with Crippen molar-refractivity contribution in [3.63, 3.8) is 0 Å². The average Bonchev–Trinajstić information content (AvgIpc) is 1.45. The van der Waals surface area contributed by atoms with Gasteiger partial charge in [-0.15, -0.1) is 0 Å². The van der Waals surface area contributed by atoms with Crippen LogP contribution in [0.25, 0.3) is 32.7 Å². The predicted molar refractivity (Wildman–Crippen MR) is 462 cm³/mol. The third-order valence-electron chi connectivity index (χ3n) is 26.4. The van der Waals surface area contributed by atoms with Gasteiger partial charge in [-0.3, -0.25) is 52.7 Å². The molecule has 0 radical (unpaired) electrons. The van der Waals surface area contributed by atoms with E-state index in [2.05, 4.69) is 60.9 Å². The highest BCUT2D eigenvalue weighted by atomic mass is 19.4. The first-order valence-corrected chi connectivity index (χ1v) is 42.9. The Bertz CT molecular complexity index is 8040. The molecule has 49 heteroatoms. The fourth-order valence-corrected chi connectivity index (χ4v) is 19.6. The van der Waals surface area contributed by atoms with Crippen LogP contribution in [0.1, 0.15) is 213 Å². The van der Waals surface area contributed by atoms with Gasteiger partial charge in [0.2, 0.25) is 5.41 Å². The topological polar surface area (TPSA) is 632 Å². The summed E-state index contributed by atoms with van der Waals surface area (Å²) in [7, 11) is 0. The van der Waals surface area contributed by atoms with Gasteiger partial charge in [-0.05, 0) is 144 Å². The highest BCUT2D eigenvalue weighted by Crippen LogP contribution is 2.59. The average molecular weight is 2060 g/mol. The molecule has 5 aliphatic carbocycles. The number of carbonyl (C=O) groups is 25. The zero-order valence-electron chi connectivity index (χ0n) is 73.2. The van der Waals surface area contributed by atoms with Crippen LogP contribution in [-0.4, -0.2) is 161 Å². The molecule has 0 spiro atoms. The van der Waals surface area contributed by atoms with Crippen LogP contribution in [0, 0.1) is 59.2 Å². The van der Waals surface area contributed by atoms with Crippen molar-refractivity contribution in [3.8, 4) is 22.6 Å². The number of ether oxygens (including phenoxy) is 12. The number of halogens is 6. The Morgan fingerprint density at radius 2 is 0.507 bits per heavy atom. The Morgan fingerprint density at radius 1 is 0.253 bits per heavy atom. The van der Waals surface area contributed by atoms with Crippen LogP contribution in [0.5, 0.6) is 11.5 Å². The van der Waals surface area contributed by atoms with E-state index >= 15 is 0 Å². The summed E-state index contributed by atoms with van der Waals surface area (Å²) in [4.78, 5) is 334. The number of furan rings is 2. The fourth-order valence-electron chi connectivity index (χ4n) is 19.6. The van der Waals surface area contributed by atoms with Crippen LogP contribution in [0.2, 0.25) is 0 Å². The van der Waals surface area contributed by atoms with Crippen LogP contribution in [0.4, 0.5) is 26.3 Å². The molecule has 9 aromatic carbocycles. The molecule has 8 unspecified atom stereocenters. The highest BCUT2D eigenvalue weighted by Gasteiger charge is 2.74. The van der Waals surface area contributed by atoms with Gasteiger partial charge < -0.3 is 65.7 Å². The second-order valence-corrected chi connectivity index (χ2v) is 34.3. The van der Waals surface area contributed by atoms with E-state index in [-0.39, 0.29) is 130 Å². The van der Waals surface area contributed by atoms with E-state index in [9.17, 15) is 165 Å². The van der Waals surface area contributed by atoms with Crippen LogP contribution in [0.15, 0.2) is 198 Å². The summed E-state index contributed by atoms with van der Waals surface area (Å²) in [5, 5.41) is -0.0726. The van der Waals surface area contributed by atoms with E-state index in [4.69, 9.17) is 4.74 Å². The maximum absolute atomic E-state index is 14.2. The fraction of sp³-hybridized carbons (Fsp3) is 0.158. The number of cyclic esters (lactones) is 22. The van der Waals surface area contributed by atoms with Crippen LogP contribution in [-0.2, 0) is 95.9 Å². The second-order valence-electron chi connectivity index (χ2n) is 34.3. The lowest BCUT2D eigenvalue weighted by Crippen LogP contribution is -2.55. The van der Waals surface area contributed by atoms with Gasteiger partial charge in [-0.2, -0.15) is 26.3 Å². The zero-order chi connectivity index (χ0) is 106. The normalized spacial score (nSPS) is 21.6. The number of fused-ring (bicyclic) bond motifs is 13. The second kappa shape index (κ2) is 35.8. The molecule has 750 valence electrons. The van der Waals surface area contributed by atoms with Crippen molar-refractivity contribution in [3.05, 3.63) is 323 Å². The number of carbonyl (C=O) groups excluding carboxylic acids is 25.